The summed E-state index contributed by atoms with van der Waals surface area (Å²) in [6.45, 7) is 1.96. The molecule has 0 radical (unpaired) electrons. The van der Waals surface area contributed by atoms with Crippen molar-refractivity contribution in [2.45, 2.75) is 24.7 Å². The second-order valence-corrected chi connectivity index (χ2v) is 7.65. The first-order chi connectivity index (χ1) is 9.36. The van der Waals surface area contributed by atoms with Gasteiger partial charge in [0.25, 0.3) is 0 Å². The van der Waals surface area contributed by atoms with Crippen molar-refractivity contribution in [2.75, 3.05) is 18.6 Å². The molecule has 20 heavy (non-hydrogen) atoms. The molecule has 0 heterocycles. The molecule has 0 saturated heterocycles. The Bertz CT molecular complexity index is 596. The first kappa shape index (κ1) is 17.0. The molecular weight excluding hydrogens is 298 g/mol. The Kier molecular flexibility index (Phi) is 6.51. The van der Waals surface area contributed by atoms with Gasteiger partial charge < -0.3 is 0 Å². The summed E-state index contributed by atoms with van der Waals surface area (Å²) in [4.78, 5) is 11.7. The molecule has 0 aromatic heterocycles. The first-order valence-corrected chi connectivity index (χ1v) is 9.51. The van der Waals surface area contributed by atoms with Gasteiger partial charge in [0.1, 0.15) is 0 Å². The first-order valence-electron chi connectivity index (χ1n) is 6.29. The van der Waals surface area contributed by atoms with Gasteiger partial charge in [0.2, 0.25) is 10.0 Å². The fourth-order valence-corrected chi connectivity index (χ4v) is 3.28. The van der Waals surface area contributed by atoms with E-state index in [9.17, 15) is 17.4 Å². The Morgan fingerprint density at radius 1 is 1.35 bits per heavy atom. The molecule has 1 atom stereocenters. The third kappa shape index (κ3) is 5.15. The van der Waals surface area contributed by atoms with Crippen LogP contribution in [0.15, 0.2) is 29.2 Å². The van der Waals surface area contributed by atoms with Crippen LogP contribution in [0, 0.1) is 0 Å². The van der Waals surface area contributed by atoms with Crippen LogP contribution >= 0.6 is 0 Å². The number of rotatable bonds is 8. The van der Waals surface area contributed by atoms with Crippen LogP contribution in [-0.2, 0) is 20.8 Å². The molecule has 0 aliphatic rings. The number of hydrogen-bond donors (Lipinski definition) is 1. The topological polar surface area (TPSA) is 80.3 Å². The number of carbonyl (C=O) groups excluding carboxylic acids is 1. The van der Waals surface area contributed by atoms with E-state index in [1.165, 1.54) is 12.1 Å². The summed E-state index contributed by atoms with van der Waals surface area (Å²) in [6.07, 6.45) is 2.42. The molecule has 0 spiro atoms. The summed E-state index contributed by atoms with van der Waals surface area (Å²) in [6, 6.07) is 5.99. The highest BCUT2D eigenvalue weighted by molar-refractivity contribution is 7.89. The Labute approximate surface area is 122 Å². The number of Topliss-reactive ketones (excluding diaryl/α,β-unsaturated/α-hetero) is 1. The minimum Gasteiger partial charge on any atom is -0.294 e. The van der Waals surface area contributed by atoms with Gasteiger partial charge in [0, 0.05) is 41.3 Å². The van der Waals surface area contributed by atoms with E-state index in [-0.39, 0.29) is 17.2 Å². The third-order valence-corrected chi connectivity index (χ3v) is 5.01. The fourth-order valence-electron chi connectivity index (χ4n) is 1.61. The van der Waals surface area contributed by atoms with Crippen molar-refractivity contribution in [3.05, 3.63) is 29.8 Å². The average molecular weight is 317 g/mol. The summed E-state index contributed by atoms with van der Waals surface area (Å²) >= 11 is 0. The van der Waals surface area contributed by atoms with Crippen molar-refractivity contribution in [3.8, 4) is 0 Å². The number of benzene rings is 1. The SMILES string of the molecule is CCC(=O)c1cccc(S(=O)(=O)NCCCS(C)=O)c1. The molecular formula is C13H19NO4S2. The molecule has 0 amide bonds. The molecule has 0 aliphatic carbocycles. The highest BCUT2D eigenvalue weighted by Crippen LogP contribution is 2.13. The third-order valence-electron chi connectivity index (χ3n) is 2.69. The Morgan fingerprint density at radius 2 is 2.05 bits per heavy atom. The smallest absolute Gasteiger partial charge is 0.240 e. The number of carbonyl (C=O) groups is 1. The van der Waals surface area contributed by atoms with Crippen molar-refractivity contribution >= 4 is 26.6 Å². The molecule has 0 aliphatic heterocycles. The number of hydrogen-bond acceptors (Lipinski definition) is 4. The molecule has 112 valence electrons. The van der Waals surface area contributed by atoms with Crippen LogP contribution in [0.5, 0.6) is 0 Å². The van der Waals surface area contributed by atoms with Crippen LogP contribution < -0.4 is 4.72 Å². The predicted octanol–water partition coefficient (Wildman–Crippen LogP) is 1.33. The van der Waals surface area contributed by atoms with E-state index in [0.717, 1.165) is 0 Å². The normalized spacial score (nSPS) is 13.1. The van der Waals surface area contributed by atoms with Gasteiger partial charge in [-0.15, -0.1) is 0 Å². The van der Waals surface area contributed by atoms with E-state index in [0.29, 0.717) is 24.2 Å². The quantitative estimate of drug-likeness (QED) is 0.579. The number of sulfonamides is 1. The Morgan fingerprint density at radius 3 is 2.65 bits per heavy atom. The zero-order valence-corrected chi connectivity index (χ0v) is 13.2. The minimum absolute atomic E-state index is 0.0782. The van der Waals surface area contributed by atoms with Crippen LogP contribution in [-0.4, -0.2) is 37.0 Å². The molecule has 1 aromatic rings. The lowest BCUT2D eigenvalue weighted by Gasteiger charge is -2.07. The maximum Gasteiger partial charge on any atom is 0.240 e. The van der Waals surface area contributed by atoms with E-state index in [2.05, 4.69) is 4.72 Å². The zero-order valence-electron chi connectivity index (χ0n) is 11.6. The van der Waals surface area contributed by atoms with Gasteiger partial charge >= 0.3 is 0 Å². The van der Waals surface area contributed by atoms with E-state index in [1.54, 1.807) is 25.3 Å². The lowest BCUT2D eigenvalue weighted by Crippen LogP contribution is -2.25. The number of nitrogens with one attached hydrogen (secondary N) is 1. The minimum atomic E-state index is -3.62. The van der Waals surface area contributed by atoms with Gasteiger partial charge in [-0.3, -0.25) is 9.00 Å². The lowest BCUT2D eigenvalue weighted by atomic mass is 10.1. The summed E-state index contributed by atoms with van der Waals surface area (Å²) in [7, 11) is -4.55. The van der Waals surface area contributed by atoms with Crippen molar-refractivity contribution in [1.82, 2.24) is 4.72 Å². The maximum absolute atomic E-state index is 12.0. The molecule has 1 N–H and O–H groups in total. The van der Waals surface area contributed by atoms with E-state index < -0.39 is 20.8 Å². The van der Waals surface area contributed by atoms with E-state index >= 15 is 0 Å². The lowest BCUT2D eigenvalue weighted by molar-refractivity contribution is 0.0988. The summed E-state index contributed by atoms with van der Waals surface area (Å²) in [5.74, 6) is 0.361. The molecule has 1 aromatic carbocycles. The summed E-state index contributed by atoms with van der Waals surface area (Å²) < 4.78 is 37.4. The molecule has 7 heteroatoms. The van der Waals surface area contributed by atoms with Gasteiger partial charge in [-0.05, 0) is 18.6 Å². The maximum atomic E-state index is 12.0. The van der Waals surface area contributed by atoms with Crippen LogP contribution in [0.4, 0.5) is 0 Å². The highest BCUT2D eigenvalue weighted by Gasteiger charge is 2.15. The average Bonchev–Trinajstić information content (AvgIpc) is 2.42. The second-order valence-electron chi connectivity index (χ2n) is 4.33. The van der Waals surface area contributed by atoms with Crippen molar-refractivity contribution in [1.29, 1.82) is 0 Å². The monoisotopic (exact) mass is 317 g/mol. The molecule has 0 bridgehead atoms. The molecule has 0 saturated carbocycles. The van der Waals surface area contributed by atoms with Gasteiger partial charge in [-0.1, -0.05) is 19.1 Å². The second kappa shape index (κ2) is 7.66. The molecule has 5 nitrogen and oxygen atoms in total. The van der Waals surface area contributed by atoms with Crippen LogP contribution in [0.1, 0.15) is 30.1 Å². The van der Waals surface area contributed by atoms with E-state index in [1.807, 2.05) is 0 Å². The predicted molar refractivity (Wildman–Crippen MR) is 79.8 cm³/mol. The number of ketones is 1. The molecule has 1 rings (SSSR count). The largest absolute Gasteiger partial charge is 0.294 e. The standard InChI is InChI=1S/C13H19NO4S2/c1-3-13(15)11-6-4-7-12(10-11)20(17,18)14-8-5-9-19(2)16/h4,6-7,10,14H,3,5,8-9H2,1-2H3. The van der Waals surface area contributed by atoms with Crippen LogP contribution in [0.25, 0.3) is 0 Å². The van der Waals surface area contributed by atoms with Gasteiger partial charge in [0.15, 0.2) is 5.78 Å². The molecule has 0 fully saturated rings. The van der Waals surface area contributed by atoms with Gasteiger partial charge in [-0.25, -0.2) is 13.1 Å². The fraction of sp³-hybridized carbons (Fsp3) is 0.462. The highest BCUT2D eigenvalue weighted by atomic mass is 32.2. The zero-order chi connectivity index (χ0) is 15.2. The van der Waals surface area contributed by atoms with Crippen LogP contribution in [0.2, 0.25) is 0 Å². The Hall–Kier alpha value is -1.05. The van der Waals surface area contributed by atoms with Gasteiger partial charge in [0.05, 0.1) is 4.90 Å². The Balaban J connectivity index is 2.77. The van der Waals surface area contributed by atoms with Crippen molar-refractivity contribution in [2.24, 2.45) is 0 Å². The van der Waals surface area contributed by atoms with Crippen molar-refractivity contribution in [3.63, 3.8) is 0 Å². The molecule has 1 unspecified atom stereocenters. The summed E-state index contributed by atoms with van der Waals surface area (Å²) in [5, 5.41) is 0. The van der Waals surface area contributed by atoms with Gasteiger partial charge in [-0.2, -0.15) is 0 Å². The van der Waals surface area contributed by atoms with Crippen molar-refractivity contribution < 1.29 is 17.4 Å². The van der Waals surface area contributed by atoms with E-state index in [4.69, 9.17) is 0 Å². The summed E-state index contributed by atoms with van der Waals surface area (Å²) in [5.41, 5.74) is 0.394. The van der Waals surface area contributed by atoms with Crippen LogP contribution in [0.3, 0.4) is 0 Å².